The molecule has 22 heavy (non-hydrogen) atoms. The fourth-order valence-corrected chi connectivity index (χ4v) is 2.34. The average molecular weight is 292 g/mol. The number of oxazole rings is 1. The van der Waals surface area contributed by atoms with E-state index in [0.717, 1.165) is 16.8 Å². The van der Waals surface area contributed by atoms with Crippen molar-refractivity contribution in [2.75, 3.05) is 0 Å². The number of nitrogens with zero attached hydrogens (tertiary/aromatic N) is 1. The molecule has 0 unspecified atom stereocenters. The lowest BCUT2D eigenvalue weighted by atomic mass is 10.0. The van der Waals surface area contributed by atoms with Gasteiger partial charge in [0.1, 0.15) is 6.26 Å². The van der Waals surface area contributed by atoms with E-state index in [4.69, 9.17) is 9.83 Å². The molecule has 3 aromatic rings. The van der Waals surface area contributed by atoms with Crippen molar-refractivity contribution in [3.05, 3.63) is 77.8 Å². The first kappa shape index (κ1) is 14.1. The summed E-state index contributed by atoms with van der Waals surface area (Å²) in [4.78, 5) is 12.3. The fourth-order valence-electron chi connectivity index (χ4n) is 2.34. The lowest BCUT2D eigenvalue weighted by Gasteiger charge is -2.05. The van der Waals surface area contributed by atoms with Crippen LogP contribution >= 0.6 is 0 Å². The molecule has 110 valence electrons. The summed E-state index contributed by atoms with van der Waals surface area (Å²) >= 11 is 0. The molecule has 1 N–H and O–H groups in total. The first-order chi connectivity index (χ1) is 10.6. The van der Waals surface area contributed by atoms with Gasteiger partial charge in [0.25, 0.3) is 5.68 Å². The van der Waals surface area contributed by atoms with Crippen molar-refractivity contribution in [1.82, 2.24) is 4.57 Å². The Labute approximate surface area is 128 Å². The minimum Gasteiger partial charge on any atom is -0.432 e. The zero-order chi connectivity index (χ0) is 15.5. The van der Waals surface area contributed by atoms with Crippen LogP contribution in [0.4, 0.5) is 0 Å². The molecule has 0 atom stereocenters. The maximum atomic E-state index is 12.3. The summed E-state index contributed by atoms with van der Waals surface area (Å²) in [5.74, 6) is -0.0392. The Balaban J connectivity index is 1.81. The van der Waals surface area contributed by atoms with E-state index < -0.39 is 0 Å². The highest BCUT2D eigenvalue weighted by Gasteiger charge is 2.10. The zero-order valence-electron chi connectivity index (χ0n) is 12.2. The third-order valence-corrected chi connectivity index (χ3v) is 3.63. The van der Waals surface area contributed by atoms with Gasteiger partial charge >= 0.3 is 0 Å². The first-order valence-corrected chi connectivity index (χ1v) is 7.03. The quantitative estimate of drug-likeness (QED) is 0.749. The maximum absolute atomic E-state index is 12.3. The second-order valence-corrected chi connectivity index (χ2v) is 5.13. The Hall–Kier alpha value is -2.88. The summed E-state index contributed by atoms with van der Waals surface area (Å²) in [6.07, 6.45) is 1.48. The Morgan fingerprint density at radius 3 is 2.27 bits per heavy atom. The van der Waals surface area contributed by atoms with Crippen LogP contribution in [0.15, 0.2) is 65.3 Å². The minimum atomic E-state index is -0.0392. The van der Waals surface area contributed by atoms with Gasteiger partial charge in [-0.15, -0.1) is 0 Å². The van der Waals surface area contributed by atoms with Gasteiger partial charge in [0.05, 0.1) is 12.2 Å². The Morgan fingerprint density at radius 2 is 1.68 bits per heavy atom. The third kappa shape index (κ3) is 2.76. The van der Waals surface area contributed by atoms with Gasteiger partial charge in [-0.05, 0) is 18.1 Å². The normalized spacial score (nSPS) is 10.6. The van der Waals surface area contributed by atoms with Crippen LogP contribution in [0.5, 0.6) is 0 Å². The summed E-state index contributed by atoms with van der Waals surface area (Å²) in [5, 5.41) is 7.64. The monoisotopic (exact) mass is 292 g/mol. The molecule has 0 aliphatic heterocycles. The molecule has 1 heterocycles. The average Bonchev–Trinajstić information content (AvgIpc) is 2.88. The van der Waals surface area contributed by atoms with Crippen molar-refractivity contribution in [2.45, 2.75) is 13.5 Å². The molecule has 0 aliphatic carbocycles. The molecular formula is C18H16N2O2. The highest BCUT2D eigenvalue weighted by atomic mass is 16.3. The lowest BCUT2D eigenvalue weighted by molar-refractivity contribution is 0.0967. The molecular weight excluding hydrogens is 276 g/mol. The summed E-state index contributed by atoms with van der Waals surface area (Å²) in [6.45, 7) is 1.93. The van der Waals surface area contributed by atoms with Gasteiger partial charge in [-0.25, -0.2) is 0 Å². The molecule has 0 aliphatic rings. The molecule has 3 rings (SSSR count). The van der Waals surface area contributed by atoms with Gasteiger partial charge in [0.15, 0.2) is 5.78 Å². The van der Waals surface area contributed by atoms with Gasteiger partial charge in [-0.2, -0.15) is 0 Å². The standard InChI is InChI=1S/C18H16N2O2/c1-13-12-22-18(19)20(13)11-17(21)16-9-7-15(8-10-16)14-5-3-2-4-6-14/h2-10,12,19H,11H2,1H3. The number of carbonyl (C=O) groups is 1. The van der Waals surface area contributed by atoms with Gasteiger partial charge in [0, 0.05) is 5.56 Å². The molecule has 0 radical (unpaired) electrons. The number of rotatable bonds is 4. The predicted molar refractivity (Wildman–Crippen MR) is 83.5 cm³/mol. The van der Waals surface area contributed by atoms with Gasteiger partial charge in [-0.1, -0.05) is 54.6 Å². The Morgan fingerprint density at radius 1 is 1.05 bits per heavy atom. The van der Waals surface area contributed by atoms with E-state index in [-0.39, 0.29) is 18.0 Å². The van der Waals surface area contributed by atoms with E-state index in [2.05, 4.69) is 0 Å². The number of benzene rings is 2. The number of Topliss-reactive ketones (excluding diaryl/α,β-unsaturated/α-hetero) is 1. The van der Waals surface area contributed by atoms with Crippen molar-refractivity contribution in [2.24, 2.45) is 0 Å². The summed E-state index contributed by atoms with van der Waals surface area (Å²) < 4.78 is 6.54. The van der Waals surface area contributed by atoms with Crippen LogP contribution < -0.4 is 5.68 Å². The molecule has 0 bridgehead atoms. The van der Waals surface area contributed by atoms with E-state index in [1.54, 1.807) is 4.57 Å². The molecule has 4 heteroatoms. The number of carbonyl (C=O) groups excluding carboxylic acids is 1. The Bertz CT molecular complexity index is 843. The Kier molecular flexibility index (Phi) is 3.74. The fraction of sp³-hybridized carbons (Fsp3) is 0.111. The number of ketones is 1. The molecule has 2 aromatic carbocycles. The third-order valence-electron chi connectivity index (χ3n) is 3.63. The number of nitrogens with one attached hydrogen (secondary N) is 1. The number of aryl methyl sites for hydroxylation is 1. The van der Waals surface area contributed by atoms with E-state index >= 15 is 0 Å². The van der Waals surface area contributed by atoms with Crippen LogP contribution in [0, 0.1) is 12.3 Å². The minimum absolute atomic E-state index is 0.00763. The van der Waals surface area contributed by atoms with Crippen LogP contribution in [0.3, 0.4) is 0 Å². The predicted octanol–water partition coefficient (Wildman–Crippen LogP) is 3.42. The van der Waals surface area contributed by atoms with Crippen LogP contribution in [0.2, 0.25) is 0 Å². The molecule has 0 saturated heterocycles. The zero-order valence-corrected chi connectivity index (χ0v) is 12.2. The van der Waals surface area contributed by atoms with E-state index in [9.17, 15) is 4.79 Å². The second-order valence-electron chi connectivity index (χ2n) is 5.13. The second kappa shape index (κ2) is 5.85. The van der Waals surface area contributed by atoms with E-state index in [1.807, 2.05) is 61.5 Å². The van der Waals surface area contributed by atoms with Gasteiger partial charge in [-0.3, -0.25) is 14.8 Å². The van der Waals surface area contributed by atoms with Crippen LogP contribution in [0.1, 0.15) is 16.1 Å². The van der Waals surface area contributed by atoms with Crippen LogP contribution in [-0.4, -0.2) is 10.4 Å². The van der Waals surface area contributed by atoms with Gasteiger partial charge in [0.2, 0.25) is 0 Å². The summed E-state index contributed by atoms with van der Waals surface area (Å²) in [7, 11) is 0. The lowest BCUT2D eigenvalue weighted by Crippen LogP contribution is -2.21. The van der Waals surface area contributed by atoms with Crippen LogP contribution in [0.25, 0.3) is 11.1 Å². The van der Waals surface area contributed by atoms with E-state index in [1.165, 1.54) is 6.26 Å². The topological polar surface area (TPSA) is 59.0 Å². The number of hydrogen-bond donors (Lipinski definition) is 1. The van der Waals surface area contributed by atoms with Crippen molar-refractivity contribution in [1.29, 1.82) is 5.41 Å². The van der Waals surface area contributed by atoms with Crippen LogP contribution in [-0.2, 0) is 6.54 Å². The largest absolute Gasteiger partial charge is 0.432 e. The van der Waals surface area contributed by atoms with E-state index in [0.29, 0.717) is 5.56 Å². The highest BCUT2D eigenvalue weighted by molar-refractivity contribution is 5.96. The maximum Gasteiger partial charge on any atom is 0.294 e. The van der Waals surface area contributed by atoms with Crippen molar-refractivity contribution < 1.29 is 9.21 Å². The molecule has 0 spiro atoms. The molecule has 1 aromatic heterocycles. The molecule has 0 saturated carbocycles. The van der Waals surface area contributed by atoms with Gasteiger partial charge < -0.3 is 4.42 Å². The highest BCUT2D eigenvalue weighted by Crippen LogP contribution is 2.19. The van der Waals surface area contributed by atoms with Crippen molar-refractivity contribution >= 4 is 5.78 Å². The smallest absolute Gasteiger partial charge is 0.294 e. The summed E-state index contributed by atoms with van der Waals surface area (Å²) in [6, 6.07) is 17.6. The SMILES string of the molecule is Cc1coc(=N)n1CC(=O)c1ccc(-c2ccccc2)cc1. The number of hydrogen-bond acceptors (Lipinski definition) is 3. The number of aromatic nitrogens is 1. The van der Waals surface area contributed by atoms with Crippen molar-refractivity contribution in [3.63, 3.8) is 0 Å². The first-order valence-electron chi connectivity index (χ1n) is 7.03. The summed E-state index contributed by atoms with van der Waals surface area (Å²) in [5.41, 5.74) is 3.58. The van der Waals surface area contributed by atoms with Crippen molar-refractivity contribution in [3.8, 4) is 11.1 Å². The molecule has 4 nitrogen and oxygen atoms in total. The molecule has 0 amide bonds. The molecule has 0 fully saturated rings.